The van der Waals surface area contributed by atoms with Crippen LogP contribution in [0.4, 0.5) is 15.8 Å². The number of nitrogens with zero attached hydrogens (tertiary/aromatic N) is 4. The Labute approximate surface area is 217 Å². The van der Waals surface area contributed by atoms with Crippen LogP contribution in [0.1, 0.15) is 25.7 Å². The Morgan fingerprint density at radius 2 is 1.83 bits per heavy atom. The number of anilines is 3. The molecule has 2 amide bonds. The second-order valence-electron chi connectivity index (χ2n) is 8.96. The highest BCUT2D eigenvalue weighted by Crippen LogP contribution is 2.35. The van der Waals surface area contributed by atoms with Crippen molar-refractivity contribution in [2.24, 2.45) is 5.73 Å². The first-order valence-corrected chi connectivity index (χ1v) is 13.4. The summed E-state index contributed by atoms with van der Waals surface area (Å²) >= 11 is 2.80. The standard InChI is InChI=1S/C26H28N6O2S2/c1-30-9-11-32(12-10-30)15-21-14-19(16-35-21)24(34)29-25-22(23(27)33)28-26(36-25)31(2)20-8-7-17-5-3-4-6-18(17)13-20/h3-8,13-14,16H,9-12,15H2,1-2H3,(H2,27,33)(H,29,34). The molecule has 0 aliphatic carbocycles. The normalized spacial score (nSPS) is 14.7. The number of primary amides is 1. The van der Waals surface area contributed by atoms with Crippen LogP contribution in [0.15, 0.2) is 53.9 Å². The molecule has 0 saturated carbocycles. The molecule has 0 bridgehead atoms. The van der Waals surface area contributed by atoms with Gasteiger partial charge in [0.15, 0.2) is 10.8 Å². The minimum absolute atomic E-state index is 0.0591. The molecule has 1 saturated heterocycles. The molecule has 8 nitrogen and oxygen atoms in total. The zero-order valence-electron chi connectivity index (χ0n) is 20.2. The monoisotopic (exact) mass is 520 g/mol. The van der Waals surface area contributed by atoms with E-state index in [1.165, 1.54) is 11.3 Å². The number of nitrogens with one attached hydrogen (secondary N) is 1. The summed E-state index contributed by atoms with van der Waals surface area (Å²) in [5.41, 5.74) is 7.15. The fourth-order valence-electron chi connectivity index (χ4n) is 4.18. The number of likely N-dealkylation sites (N-methyl/N-ethyl adjacent to an activating group) is 1. The van der Waals surface area contributed by atoms with Crippen LogP contribution in [-0.2, 0) is 6.54 Å². The number of hydrogen-bond acceptors (Lipinski definition) is 8. The van der Waals surface area contributed by atoms with E-state index in [0.717, 1.165) is 54.1 Å². The number of benzene rings is 2. The molecular weight excluding hydrogens is 492 g/mol. The van der Waals surface area contributed by atoms with Crippen LogP contribution in [0.3, 0.4) is 0 Å². The highest BCUT2D eigenvalue weighted by Gasteiger charge is 2.22. The van der Waals surface area contributed by atoms with Gasteiger partial charge in [0.05, 0.1) is 5.56 Å². The van der Waals surface area contributed by atoms with E-state index in [9.17, 15) is 9.59 Å². The number of piperazine rings is 1. The summed E-state index contributed by atoms with van der Waals surface area (Å²) in [6.45, 7) is 4.98. The first-order valence-electron chi connectivity index (χ1n) is 11.7. The minimum atomic E-state index is -0.680. The lowest BCUT2D eigenvalue weighted by atomic mass is 10.1. The smallest absolute Gasteiger partial charge is 0.270 e. The van der Waals surface area contributed by atoms with Gasteiger partial charge in [0, 0.05) is 55.7 Å². The third-order valence-corrected chi connectivity index (χ3v) is 8.34. The molecular formula is C26H28N6O2S2. The second-order valence-corrected chi connectivity index (χ2v) is 10.9. The van der Waals surface area contributed by atoms with Crippen molar-refractivity contribution in [1.82, 2.24) is 14.8 Å². The molecule has 3 heterocycles. The number of aromatic nitrogens is 1. The average molecular weight is 521 g/mol. The molecule has 10 heteroatoms. The van der Waals surface area contributed by atoms with Gasteiger partial charge >= 0.3 is 0 Å². The van der Waals surface area contributed by atoms with Gasteiger partial charge in [0.1, 0.15) is 5.00 Å². The Morgan fingerprint density at radius 3 is 2.58 bits per heavy atom. The maximum atomic E-state index is 13.0. The number of fused-ring (bicyclic) bond motifs is 1. The summed E-state index contributed by atoms with van der Waals surface area (Å²) in [4.78, 5) is 37.3. The van der Waals surface area contributed by atoms with Crippen LogP contribution in [0.25, 0.3) is 10.8 Å². The minimum Gasteiger partial charge on any atom is -0.364 e. The lowest BCUT2D eigenvalue weighted by Crippen LogP contribution is -2.43. The maximum Gasteiger partial charge on any atom is 0.270 e. The number of carbonyl (C=O) groups excluding carboxylic acids is 2. The number of carbonyl (C=O) groups is 2. The van der Waals surface area contributed by atoms with E-state index in [4.69, 9.17) is 5.73 Å². The molecule has 1 fully saturated rings. The van der Waals surface area contributed by atoms with Crippen molar-refractivity contribution >= 4 is 61.1 Å². The second kappa shape index (κ2) is 10.4. The first kappa shape index (κ1) is 24.4. The fraction of sp³-hybridized carbons (Fsp3) is 0.269. The van der Waals surface area contributed by atoms with E-state index in [0.29, 0.717) is 15.7 Å². The van der Waals surface area contributed by atoms with Crippen molar-refractivity contribution in [3.63, 3.8) is 0 Å². The summed E-state index contributed by atoms with van der Waals surface area (Å²) < 4.78 is 0. The quantitative estimate of drug-likeness (QED) is 0.379. The van der Waals surface area contributed by atoms with Crippen LogP contribution < -0.4 is 16.0 Å². The third kappa shape index (κ3) is 5.26. The zero-order valence-corrected chi connectivity index (χ0v) is 21.9. The van der Waals surface area contributed by atoms with Gasteiger partial charge in [-0.2, -0.15) is 0 Å². The number of thiazole rings is 1. The van der Waals surface area contributed by atoms with Crippen molar-refractivity contribution in [2.45, 2.75) is 6.54 Å². The molecule has 186 valence electrons. The Bertz CT molecular complexity index is 1410. The molecule has 0 unspecified atom stereocenters. The van der Waals surface area contributed by atoms with Crippen LogP contribution in [0.2, 0.25) is 0 Å². The molecule has 0 spiro atoms. The molecule has 1 aliphatic heterocycles. The molecule has 0 radical (unpaired) electrons. The van der Waals surface area contributed by atoms with Gasteiger partial charge in [-0.3, -0.25) is 14.5 Å². The van der Waals surface area contributed by atoms with Crippen molar-refractivity contribution in [3.8, 4) is 0 Å². The summed E-state index contributed by atoms with van der Waals surface area (Å²) in [6, 6.07) is 16.1. The third-order valence-electron chi connectivity index (χ3n) is 6.37. The molecule has 3 N–H and O–H groups in total. The molecule has 2 aromatic carbocycles. The number of thiophene rings is 1. The topological polar surface area (TPSA) is 94.8 Å². The SMILES string of the molecule is CN1CCN(Cc2cc(C(=O)Nc3sc(N(C)c4ccc5ccccc5c4)nc3C(N)=O)cs2)CC1. The average Bonchev–Trinajstić information content (AvgIpc) is 3.52. The van der Waals surface area contributed by atoms with Gasteiger partial charge < -0.3 is 20.9 Å². The zero-order chi connectivity index (χ0) is 25.2. The highest BCUT2D eigenvalue weighted by molar-refractivity contribution is 7.20. The number of hydrogen-bond donors (Lipinski definition) is 2. The van der Waals surface area contributed by atoms with Gasteiger partial charge in [-0.05, 0) is 36.0 Å². The largest absolute Gasteiger partial charge is 0.364 e. The van der Waals surface area contributed by atoms with Crippen molar-refractivity contribution in [2.75, 3.05) is 50.5 Å². The van der Waals surface area contributed by atoms with Crippen LogP contribution in [0, 0.1) is 0 Å². The van der Waals surface area contributed by atoms with Crippen molar-refractivity contribution < 1.29 is 9.59 Å². The van der Waals surface area contributed by atoms with Gasteiger partial charge in [-0.25, -0.2) is 4.98 Å². The predicted molar refractivity (Wildman–Crippen MR) is 148 cm³/mol. The highest BCUT2D eigenvalue weighted by atomic mass is 32.1. The van der Waals surface area contributed by atoms with Crippen molar-refractivity contribution in [1.29, 1.82) is 0 Å². The van der Waals surface area contributed by atoms with Crippen LogP contribution >= 0.6 is 22.7 Å². The molecule has 5 rings (SSSR count). The first-order chi connectivity index (χ1) is 17.4. The van der Waals surface area contributed by atoms with Crippen LogP contribution in [0.5, 0.6) is 0 Å². The Hall–Kier alpha value is -3.31. The summed E-state index contributed by atoms with van der Waals surface area (Å²) in [5.74, 6) is -0.956. The van der Waals surface area contributed by atoms with E-state index in [-0.39, 0.29) is 11.6 Å². The molecule has 1 aliphatic rings. The summed E-state index contributed by atoms with van der Waals surface area (Å²) in [5, 5.41) is 7.88. The van der Waals surface area contributed by atoms with Gasteiger partial charge in [-0.15, -0.1) is 11.3 Å². The predicted octanol–water partition coefficient (Wildman–Crippen LogP) is 4.22. The molecule has 36 heavy (non-hydrogen) atoms. The molecule has 2 aromatic heterocycles. The lowest BCUT2D eigenvalue weighted by molar-refractivity contribution is 0.0997. The van der Waals surface area contributed by atoms with E-state index < -0.39 is 5.91 Å². The van der Waals surface area contributed by atoms with Crippen LogP contribution in [-0.4, -0.2) is 66.9 Å². The van der Waals surface area contributed by atoms with E-state index in [1.54, 1.807) is 11.3 Å². The Kier molecular flexibility index (Phi) is 7.01. The van der Waals surface area contributed by atoms with E-state index in [1.807, 2.05) is 53.7 Å². The molecule has 4 aromatic rings. The van der Waals surface area contributed by atoms with E-state index >= 15 is 0 Å². The Balaban J connectivity index is 1.32. The molecule has 0 atom stereocenters. The fourth-order valence-corrected chi connectivity index (χ4v) is 6.04. The van der Waals surface area contributed by atoms with Gasteiger partial charge in [0.25, 0.3) is 11.8 Å². The van der Waals surface area contributed by atoms with E-state index in [2.05, 4.69) is 39.3 Å². The Morgan fingerprint density at radius 1 is 1.08 bits per heavy atom. The number of amides is 2. The summed E-state index contributed by atoms with van der Waals surface area (Å²) in [7, 11) is 4.01. The van der Waals surface area contributed by atoms with Gasteiger partial charge in [-0.1, -0.05) is 41.7 Å². The van der Waals surface area contributed by atoms with Gasteiger partial charge in [0.2, 0.25) is 0 Å². The number of nitrogens with two attached hydrogens (primary N) is 1. The van der Waals surface area contributed by atoms with Crippen molar-refractivity contribution in [3.05, 3.63) is 70.0 Å². The maximum absolute atomic E-state index is 13.0. The number of rotatable bonds is 7. The summed E-state index contributed by atoms with van der Waals surface area (Å²) in [6.07, 6.45) is 0. The lowest BCUT2D eigenvalue weighted by Gasteiger charge is -2.31.